The van der Waals surface area contributed by atoms with Crippen LogP contribution in [-0.2, 0) is 14.3 Å². The lowest BCUT2D eigenvalue weighted by molar-refractivity contribution is -0.201. The molecule has 1 fully saturated rings. The van der Waals surface area contributed by atoms with E-state index in [2.05, 4.69) is 10.3 Å². The molecule has 2 aliphatic heterocycles. The van der Waals surface area contributed by atoms with Gasteiger partial charge in [0.05, 0.1) is 18.0 Å². The number of hydrogen-bond acceptors (Lipinski definition) is 6. The van der Waals surface area contributed by atoms with Gasteiger partial charge in [0.25, 0.3) is 0 Å². The molecule has 0 saturated heterocycles. The number of aliphatic imine (C=N–C) groups is 1. The van der Waals surface area contributed by atoms with Crippen molar-refractivity contribution in [3.8, 4) is 5.75 Å². The summed E-state index contributed by atoms with van der Waals surface area (Å²) in [5.41, 5.74) is 6.19. The van der Waals surface area contributed by atoms with Gasteiger partial charge in [-0.25, -0.2) is 4.99 Å². The van der Waals surface area contributed by atoms with Crippen LogP contribution in [0.25, 0.3) is 0 Å². The predicted molar refractivity (Wildman–Crippen MR) is 126 cm³/mol. The van der Waals surface area contributed by atoms with Crippen molar-refractivity contribution in [1.29, 1.82) is 0 Å². The van der Waals surface area contributed by atoms with E-state index in [-0.39, 0.29) is 41.9 Å². The molecule has 198 valence electrons. The number of fused-ring (bicyclic) bond motifs is 1. The van der Waals surface area contributed by atoms with Gasteiger partial charge in [0.2, 0.25) is 11.8 Å². The van der Waals surface area contributed by atoms with E-state index < -0.39 is 36.2 Å². The van der Waals surface area contributed by atoms with Gasteiger partial charge in [0.15, 0.2) is 12.1 Å². The lowest BCUT2D eigenvalue weighted by Gasteiger charge is -2.39. The highest BCUT2D eigenvalue weighted by Gasteiger charge is 2.53. The molecule has 1 aliphatic carbocycles. The molecule has 6 atom stereocenters. The molecule has 2 amide bonds. The van der Waals surface area contributed by atoms with Crippen molar-refractivity contribution in [2.75, 3.05) is 13.7 Å². The standard InChI is InChI=1S/C25H33F3N4O4/c1-4-24(2)13-21(33)32(23(29)31-24)18(9-10-35-3)15-11-16(15)22(34)30-17-12-20(25(26,27)28)36-19-8-6-5-7-14(17)19/h5-8,15-18,20H,4,9-13H2,1-3H3,(H2,29,31)(H,30,34). The SMILES string of the molecule is CCC1(C)CC(=O)N(C(CCOC)C2CC2C(=O)NC2CC(C(F)(F)F)Oc3ccccc32)C(N)=N1. The molecule has 11 heteroatoms. The van der Waals surface area contributed by atoms with Crippen molar-refractivity contribution in [2.24, 2.45) is 22.6 Å². The number of nitrogens with one attached hydrogen (secondary N) is 1. The number of ether oxygens (including phenoxy) is 2. The zero-order chi connectivity index (χ0) is 26.3. The Kier molecular flexibility index (Phi) is 7.23. The van der Waals surface area contributed by atoms with E-state index in [1.54, 1.807) is 25.3 Å². The van der Waals surface area contributed by atoms with Crippen LogP contribution in [0, 0.1) is 11.8 Å². The second-order valence-corrected chi connectivity index (χ2v) is 10.1. The lowest BCUT2D eigenvalue weighted by atomic mass is 9.92. The molecule has 2 heterocycles. The summed E-state index contributed by atoms with van der Waals surface area (Å²) in [4.78, 5) is 32.3. The number of alkyl halides is 3. The zero-order valence-electron chi connectivity index (χ0n) is 20.7. The second kappa shape index (κ2) is 9.91. The van der Waals surface area contributed by atoms with Crippen LogP contribution < -0.4 is 15.8 Å². The number of carbonyl (C=O) groups excluding carboxylic acids is 2. The maximum absolute atomic E-state index is 13.5. The van der Waals surface area contributed by atoms with Gasteiger partial charge < -0.3 is 20.5 Å². The number of para-hydroxylation sites is 1. The number of guanidine groups is 1. The van der Waals surface area contributed by atoms with E-state index in [1.807, 2.05) is 13.8 Å². The van der Waals surface area contributed by atoms with Gasteiger partial charge in [-0.3, -0.25) is 14.5 Å². The van der Waals surface area contributed by atoms with Crippen LogP contribution in [0.2, 0.25) is 0 Å². The molecule has 1 aromatic rings. The van der Waals surface area contributed by atoms with E-state index in [1.165, 1.54) is 11.0 Å². The monoisotopic (exact) mass is 510 g/mol. The molecular weight excluding hydrogens is 477 g/mol. The van der Waals surface area contributed by atoms with Crippen LogP contribution in [0.4, 0.5) is 13.2 Å². The fraction of sp³-hybridized carbons (Fsp3) is 0.640. The molecule has 4 rings (SSSR count). The highest BCUT2D eigenvalue weighted by Crippen LogP contribution is 2.47. The molecule has 1 aromatic carbocycles. The minimum absolute atomic E-state index is 0.114. The number of rotatable bonds is 8. The molecule has 6 unspecified atom stereocenters. The Morgan fingerprint density at radius 1 is 1.36 bits per heavy atom. The largest absolute Gasteiger partial charge is 0.480 e. The van der Waals surface area contributed by atoms with Crippen LogP contribution in [-0.4, -0.2) is 60.3 Å². The first kappa shape index (κ1) is 26.2. The molecule has 8 nitrogen and oxygen atoms in total. The van der Waals surface area contributed by atoms with E-state index in [0.717, 1.165) is 0 Å². The number of hydrogen-bond donors (Lipinski definition) is 2. The van der Waals surface area contributed by atoms with E-state index >= 15 is 0 Å². The fourth-order valence-corrected chi connectivity index (χ4v) is 5.22. The molecule has 0 aromatic heterocycles. The van der Waals surface area contributed by atoms with Crippen molar-refractivity contribution in [3.05, 3.63) is 29.8 Å². The summed E-state index contributed by atoms with van der Waals surface area (Å²) in [5.74, 6) is -0.893. The third kappa shape index (κ3) is 5.30. The number of nitrogens with zero attached hydrogens (tertiary/aromatic N) is 2. The molecule has 0 spiro atoms. The van der Waals surface area contributed by atoms with Gasteiger partial charge in [0.1, 0.15) is 5.75 Å². The summed E-state index contributed by atoms with van der Waals surface area (Å²) >= 11 is 0. The lowest BCUT2D eigenvalue weighted by Crippen LogP contribution is -2.56. The molecule has 0 bridgehead atoms. The minimum Gasteiger partial charge on any atom is -0.480 e. The number of nitrogens with two attached hydrogens (primary N) is 1. The summed E-state index contributed by atoms with van der Waals surface area (Å²) in [6.45, 7) is 4.19. The first-order valence-corrected chi connectivity index (χ1v) is 12.3. The Hall–Kier alpha value is -2.82. The first-order valence-electron chi connectivity index (χ1n) is 12.3. The van der Waals surface area contributed by atoms with E-state index in [9.17, 15) is 22.8 Å². The normalized spacial score (nSPS) is 30.7. The van der Waals surface area contributed by atoms with Crippen LogP contribution in [0.5, 0.6) is 5.75 Å². The average Bonchev–Trinajstić information content (AvgIpc) is 3.61. The average molecular weight is 511 g/mol. The van der Waals surface area contributed by atoms with Crippen LogP contribution in [0.3, 0.4) is 0 Å². The maximum Gasteiger partial charge on any atom is 0.425 e. The Balaban J connectivity index is 1.50. The van der Waals surface area contributed by atoms with E-state index in [0.29, 0.717) is 31.4 Å². The minimum atomic E-state index is -4.55. The summed E-state index contributed by atoms with van der Waals surface area (Å²) in [6.07, 6.45) is -5.12. The number of methoxy groups -OCH3 is 1. The highest BCUT2D eigenvalue weighted by molar-refractivity contribution is 5.99. The molecule has 1 saturated carbocycles. The number of carbonyl (C=O) groups is 2. The first-order chi connectivity index (χ1) is 17.0. The molecule has 3 N–H and O–H groups in total. The van der Waals surface area contributed by atoms with Crippen LogP contribution >= 0.6 is 0 Å². The second-order valence-electron chi connectivity index (χ2n) is 10.1. The summed E-state index contributed by atoms with van der Waals surface area (Å²) in [6, 6.07) is 5.21. The Morgan fingerprint density at radius 2 is 2.08 bits per heavy atom. The smallest absolute Gasteiger partial charge is 0.425 e. The Labute approximate surface area is 208 Å². The van der Waals surface area contributed by atoms with Gasteiger partial charge in [-0.05, 0) is 38.2 Å². The topological polar surface area (TPSA) is 106 Å². The molecule has 36 heavy (non-hydrogen) atoms. The summed E-state index contributed by atoms with van der Waals surface area (Å²) in [7, 11) is 1.55. The third-order valence-electron chi connectivity index (χ3n) is 7.51. The highest BCUT2D eigenvalue weighted by atomic mass is 19.4. The molecular formula is C25H33F3N4O4. The molecule has 0 radical (unpaired) electrons. The van der Waals surface area contributed by atoms with Gasteiger partial charge in [-0.1, -0.05) is 25.1 Å². The van der Waals surface area contributed by atoms with Crippen molar-refractivity contribution in [3.63, 3.8) is 0 Å². The third-order valence-corrected chi connectivity index (χ3v) is 7.51. The van der Waals surface area contributed by atoms with E-state index in [4.69, 9.17) is 15.2 Å². The zero-order valence-corrected chi connectivity index (χ0v) is 20.7. The maximum atomic E-state index is 13.5. The Morgan fingerprint density at radius 3 is 2.72 bits per heavy atom. The quantitative estimate of drug-likeness (QED) is 0.558. The number of benzene rings is 1. The van der Waals surface area contributed by atoms with Crippen molar-refractivity contribution < 1.29 is 32.2 Å². The van der Waals surface area contributed by atoms with Gasteiger partial charge in [0, 0.05) is 37.7 Å². The summed E-state index contributed by atoms with van der Waals surface area (Å²) < 4.78 is 50.7. The van der Waals surface area contributed by atoms with Crippen molar-refractivity contribution in [2.45, 2.75) is 75.9 Å². The van der Waals surface area contributed by atoms with Gasteiger partial charge >= 0.3 is 6.18 Å². The predicted octanol–water partition coefficient (Wildman–Crippen LogP) is 3.31. The number of halogens is 3. The summed E-state index contributed by atoms with van der Waals surface area (Å²) in [5, 5.41) is 2.81. The van der Waals surface area contributed by atoms with Crippen molar-refractivity contribution in [1.82, 2.24) is 10.2 Å². The van der Waals surface area contributed by atoms with Gasteiger partial charge in [-0.15, -0.1) is 0 Å². The molecule has 3 aliphatic rings. The van der Waals surface area contributed by atoms with Crippen LogP contribution in [0.15, 0.2) is 29.3 Å². The van der Waals surface area contributed by atoms with Gasteiger partial charge in [-0.2, -0.15) is 13.2 Å². The number of amides is 2. The van der Waals surface area contributed by atoms with Crippen LogP contribution in [0.1, 0.15) is 57.6 Å². The fourth-order valence-electron chi connectivity index (χ4n) is 5.22. The Bertz CT molecular complexity index is 1030. The van der Waals surface area contributed by atoms with Crippen molar-refractivity contribution >= 4 is 17.8 Å².